The second kappa shape index (κ2) is 10.3. The van der Waals surface area contributed by atoms with E-state index in [2.05, 4.69) is 0 Å². The van der Waals surface area contributed by atoms with Crippen molar-refractivity contribution in [1.82, 2.24) is 0 Å². The highest BCUT2D eigenvalue weighted by Crippen LogP contribution is 2.22. The first-order valence-corrected chi connectivity index (χ1v) is 11.5. The van der Waals surface area contributed by atoms with Gasteiger partial charge in [0.1, 0.15) is 17.2 Å². The van der Waals surface area contributed by atoms with Crippen LogP contribution in [-0.2, 0) is 25.5 Å². The molecule has 0 spiro atoms. The van der Waals surface area contributed by atoms with Gasteiger partial charge in [0.25, 0.3) is 10.1 Å². The van der Waals surface area contributed by atoms with Gasteiger partial charge in [-0.25, -0.2) is 13.6 Å². The molecule has 0 saturated carbocycles. The van der Waals surface area contributed by atoms with Gasteiger partial charge in [0.2, 0.25) is 0 Å². The zero-order valence-corrected chi connectivity index (χ0v) is 19.0. The van der Waals surface area contributed by atoms with Crippen LogP contribution in [0.5, 0.6) is 0 Å². The summed E-state index contributed by atoms with van der Waals surface area (Å²) in [5.41, 5.74) is 0.0862. The summed E-state index contributed by atoms with van der Waals surface area (Å²) in [7, 11) is -3.82. The van der Waals surface area contributed by atoms with Crippen LogP contribution in [0.25, 0.3) is 0 Å². The molecule has 0 heterocycles. The van der Waals surface area contributed by atoms with Gasteiger partial charge < -0.3 is 4.74 Å². The van der Waals surface area contributed by atoms with Gasteiger partial charge in [0.05, 0.1) is 17.1 Å². The van der Waals surface area contributed by atoms with E-state index < -0.39 is 33.3 Å². The van der Waals surface area contributed by atoms with Crippen molar-refractivity contribution in [3.8, 4) is 0 Å². The minimum absolute atomic E-state index is 0.00730. The first-order chi connectivity index (χ1) is 14.4. The molecule has 0 aromatic heterocycles. The van der Waals surface area contributed by atoms with Gasteiger partial charge >= 0.3 is 5.97 Å². The summed E-state index contributed by atoms with van der Waals surface area (Å²) < 4.78 is 62.5. The molecule has 0 fully saturated rings. The van der Waals surface area contributed by atoms with Gasteiger partial charge in [-0.2, -0.15) is 8.42 Å². The molecule has 2 aromatic rings. The molecule has 8 heteroatoms. The van der Waals surface area contributed by atoms with Crippen LogP contribution in [-0.4, -0.2) is 26.6 Å². The van der Waals surface area contributed by atoms with Crippen molar-refractivity contribution in [3.63, 3.8) is 0 Å². The molecule has 0 saturated heterocycles. The van der Waals surface area contributed by atoms with E-state index in [1.807, 2.05) is 6.92 Å². The third-order valence-corrected chi connectivity index (χ3v) is 5.70. The second-order valence-electron chi connectivity index (χ2n) is 8.32. The highest BCUT2D eigenvalue weighted by molar-refractivity contribution is 7.86. The van der Waals surface area contributed by atoms with Gasteiger partial charge in [-0.3, -0.25) is 4.18 Å². The summed E-state index contributed by atoms with van der Waals surface area (Å²) in [6.07, 6.45) is 1.72. The topological polar surface area (TPSA) is 69.7 Å². The first-order valence-electron chi connectivity index (χ1n) is 10.1. The number of unbranched alkanes of at least 4 members (excludes halogenated alkanes) is 2. The van der Waals surface area contributed by atoms with Gasteiger partial charge in [0, 0.05) is 6.07 Å². The maximum Gasteiger partial charge on any atom is 0.341 e. The molecule has 0 aliphatic rings. The molecule has 0 bridgehead atoms. The molecule has 0 radical (unpaired) electrons. The van der Waals surface area contributed by atoms with E-state index in [9.17, 15) is 22.0 Å². The van der Waals surface area contributed by atoms with Crippen LogP contribution in [0.15, 0.2) is 41.3 Å². The fraction of sp³-hybridized carbons (Fsp3) is 0.435. The summed E-state index contributed by atoms with van der Waals surface area (Å²) in [5.74, 6) is -2.57. The van der Waals surface area contributed by atoms with Crippen molar-refractivity contribution in [2.24, 2.45) is 0 Å². The lowest BCUT2D eigenvalue weighted by Gasteiger charge is -2.21. The Labute approximate surface area is 182 Å². The SMILES string of the molecule is Cc1ccc(S(=O)(=O)OCCCCCc2cc(F)cc(F)c2C(=O)OC(C)(C)C)cc1. The molecule has 5 nitrogen and oxygen atoms in total. The second-order valence-corrected chi connectivity index (χ2v) is 9.94. The zero-order chi connectivity index (χ0) is 23.2. The highest BCUT2D eigenvalue weighted by atomic mass is 32.2. The third-order valence-electron chi connectivity index (χ3n) is 4.38. The van der Waals surface area contributed by atoms with Crippen LogP contribution < -0.4 is 0 Å². The average Bonchev–Trinajstić information content (AvgIpc) is 2.62. The van der Waals surface area contributed by atoms with Crippen LogP contribution in [0.2, 0.25) is 0 Å². The number of carbonyl (C=O) groups is 1. The van der Waals surface area contributed by atoms with Crippen molar-refractivity contribution < 1.29 is 30.9 Å². The number of halogens is 2. The lowest BCUT2D eigenvalue weighted by Crippen LogP contribution is -2.25. The number of carbonyl (C=O) groups excluding carboxylic acids is 1. The monoisotopic (exact) mass is 454 g/mol. The number of esters is 1. The Morgan fingerprint density at radius 1 is 1.00 bits per heavy atom. The van der Waals surface area contributed by atoms with E-state index in [0.29, 0.717) is 25.3 Å². The van der Waals surface area contributed by atoms with Gasteiger partial charge in [-0.15, -0.1) is 0 Å². The van der Waals surface area contributed by atoms with Crippen molar-refractivity contribution >= 4 is 16.1 Å². The van der Waals surface area contributed by atoms with Crippen molar-refractivity contribution in [2.45, 2.75) is 63.9 Å². The minimum atomic E-state index is -3.82. The van der Waals surface area contributed by atoms with Gasteiger partial charge in [0.15, 0.2) is 0 Å². The summed E-state index contributed by atoms with van der Waals surface area (Å²) in [4.78, 5) is 12.4. The van der Waals surface area contributed by atoms with E-state index in [-0.39, 0.29) is 29.1 Å². The number of ether oxygens (including phenoxy) is 1. The number of rotatable bonds is 9. The number of hydrogen-bond acceptors (Lipinski definition) is 5. The Morgan fingerprint density at radius 2 is 1.65 bits per heavy atom. The van der Waals surface area contributed by atoms with E-state index in [1.54, 1.807) is 32.9 Å². The summed E-state index contributed by atoms with van der Waals surface area (Å²) >= 11 is 0. The van der Waals surface area contributed by atoms with Crippen LogP contribution in [0.4, 0.5) is 8.78 Å². The number of hydrogen-bond donors (Lipinski definition) is 0. The predicted molar refractivity (Wildman–Crippen MR) is 113 cm³/mol. The Hall–Kier alpha value is -2.32. The molecule has 0 N–H and O–H groups in total. The van der Waals surface area contributed by atoms with Gasteiger partial charge in [-0.05, 0) is 70.7 Å². The molecule has 0 amide bonds. The number of benzene rings is 2. The normalized spacial score (nSPS) is 12.1. The van der Waals surface area contributed by atoms with Crippen LogP contribution >= 0.6 is 0 Å². The van der Waals surface area contributed by atoms with E-state index >= 15 is 0 Å². The summed E-state index contributed by atoms with van der Waals surface area (Å²) in [6, 6.07) is 8.14. The Morgan fingerprint density at radius 3 is 2.26 bits per heavy atom. The molecule has 0 aliphatic carbocycles. The lowest BCUT2D eigenvalue weighted by atomic mass is 10.00. The van der Waals surface area contributed by atoms with Crippen LogP contribution in [0.3, 0.4) is 0 Å². The van der Waals surface area contributed by atoms with Crippen molar-refractivity contribution in [2.75, 3.05) is 6.61 Å². The Bertz CT molecular complexity index is 1010. The van der Waals surface area contributed by atoms with Crippen molar-refractivity contribution in [1.29, 1.82) is 0 Å². The average molecular weight is 455 g/mol. The predicted octanol–water partition coefficient (Wildman–Crippen LogP) is 5.35. The van der Waals surface area contributed by atoms with Crippen LogP contribution in [0, 0.1) is 18.6 Å². The highest BCUT2D eigenvalue weighted by Gasteiger charge is 2.24. The minimum Gasteiger partial charge on any atom is -0.456 e. The molecular weight excluding hydrogens is 426 g/mol. The molecule has 2 aromatic carbocycles. The summed E-state index contributed by atoms with van der Waals surface area (Å²) in [5, 5.41) is 0. The lowest BCUT2D eigenvalue weighted by molar-refractivity contribution is 0.00632. The number of aryl methyl sites for hydroxylation is 2. The molecule has 2 rings (SSSR count). The standard InChI is InChI=1S/C23H28F2O5S/c1-16-9-11-19(12-10-16)31(27,28)29-13-7-5-6-8-17-14-18(24)15-20(25)21(17)22(26)30-23(2,3)4/h9-12,14-15H,5-8,13H2,1-4H3. The molecule has 0 atom stereocenters. The molecule has 0 unspecified atom stereocenters. The zero-order valence-electron chi connectivity index (χ0n) is 18.2. The van der Waals surface area contributed by atoms with E-state index in [4.69, 9.17) is 8.92 Å². The largest absolute Gasteiger partial charge is 0.456 e. The Balaban J connectivity index is 1.91. The maximum absolute atomic E-state index is 14.3. The smallest absolute Gasteiger partial charge is 0.341 e. The van der Waals surface area contributed by atoms with Crippen LogP contribution in [0.1, 0.15) is 61.5 Å². The molecular formula is C23H28F2O5S. The van der Waals surface area contributed by atoms with Crippen molar-refractivity contribution in [3.05, 3.63) is 64.7 Å². The van der Waals surface area contributed by atoms with E-state index in [0.717, 1.165) is 11.6 Å². The maximum atomic E-state index is 14.3. The molecule has 0 aliphatic heterocycles. The van der Waals surface area contributed by atoms with Gasteiger partial charge in [-0.1, -0.05) is 24.1 Å². The fourth-order valence-electron chi connectivity index (χ4n) is 2.92. The summed E-state index contributed by atoms with van der Waals surface area (Å²) in [6.45, 7) is 6.84. The quantitative estimate of drug-likeness (QED) is 0.290. The Kier molecular flexibility index (Phi) is 8.31. The van der Waals surface area contributed by atoms with E-state index in [1.165, 1.54) is 12.1 Å². The fourth-order valence-corrected chi connectivity index (χ4v) is 3.86. The third kappa shape index (κ3) is 7.70. The molecule has 31 heavy (non-hydrogen) atoms. The molecule has 170 valence electrons. The first kappa shape index (κ1) is 24.9.